The first-order chi connectivity index (χ1) is 40.8. The van der Waals surface area contributed by atoms with Crippen LogP contribution in [0.25, 0.3) is 33.2 Å². The summed E-state index contributed by atoms with van der Waals surface area (Å²) in [6.07, 6.45) is 4.26. The third-order valence-electron chi connectivity index (χ3n) is 19.0. The van der Waals surface area contributed by atoms with Gasteiger partial charge in [0.2, 0.25) is 0 Å². The predicted molar refractivity (Wildman–Crippen MR) is 345 cm³/mol. The van der Waals surface area contributed by atoms with E-state index in [1.165, 1.54) is 27.8 Å². The molecule has 0 N–H and O–H groups in total. The Morgan fingerprint density at radius 3 is 1.65 bits per heavy atom. The van der Waals surface area contributed by atoms with Crippen molar-refractivity contribution < 1.29 is 11.3 Å². The molecule has 2 aliphatic heterocycles. The summed E-state index contributed by atoms with van der Waals surface area (Å²) in [6, 6.07) is 60.3. The van der Waals surface area contributed by atoms with Crippen LogP contribution in [-0.2, 0) is 27.1 Å². The van der Waals surface area contributed by atoms with Crippen LogP contribution in [0, 0.1) is 0 Å². The van der Waals surface area contributed by atoms with Gasteiger partial charge in [0.05, 0.1) is 29.6 Å². The Hall–Kier alpha value is -8.02. The molecule has 0 fully saturated rings. The van der Waals surface area contributed by atoms with Crippen LogP contribution in [-0.4, -0.2) is 6.71 Å². The smallest absolute Gasteiger partial charge is 0.297 e. The summed E-state index contributed by atoms with van der Waals surface area (Å²) >= 11 is 0. The summed E-state index contributed by atoms with van der Waals surface area (Å²) in [7, 11) is 0. The number of benzene rings is 9. The molecule has 0 radical (unpaired) electrons. The van der Waals surface area contributed by atoms with E-state index in [9.17, 15) is 2.74 Å². The van der Waals surface area contributed by atoms with E-state index in [4.69, 9.17) is 8.53 Å². The fourth-order valence-electron chi connectivity index (χ4n) is 14.1. The molecular weight excluding hydrogens is 982 g/mol. The van der Waals surface area contributed by atoms with Crippen molar-refractivity contribution in [3.63, 3.8) is 0 Å². The van der Waals surface area contributed by atoms with Gasteiger partial charge in [-0.3, -0.25) is 0 Å². The molecule has 4 aliphatic rings. The van der Waals surface area contributed by atoms with E-state index in [2.05, 4.69) is 255 Å². The van der Waals surface area contributed by atoms with Crippen molar-refractivity contribution in [3.8, 4) is 22.3 Å². The van der Waals surface area contributed by atoms with Crippen LogP contribution < -0.4 is 31.3 Å². The molecule has 0 saturated heterocycles. The molecule has 81 heavy (non-hydrogen) atoms. The highest BCUT2D eigenvalue weighted by Gasteiger charge is 2.49. The lowest BCUT2D eigenvalue weighted by Gasteiger charge is -2.45. The lowest BCUT2D eigenvalue weighted by Crippen LogP contribution is -2.61. The van der Waals surface area contributed by atoms with Crippen LogP contribution in [0.3, 0.4) is 0 Å². The van der Waals surface area contributed by atoms with E-state index in [1.54, 1.807) is 0 Å². The maximum Gasteiger partial charge on any atom is 0.297 e. The molecule has 0 bridgehead atoms. The molecule has 14 rings (SSSR count). The SMILES string of the molecule is [2H]c1c([2H])c([2H])c(-c2ccc3c(c2)B2c4oc5cc6c(cc5c4N(c4ccc5c(c4)C(C)(C)CCC5(C)C)c4cc(N(c5ccccc5)c5ccccc5)cc(c42)N3c2ccc(C(C)(C)C)cc2-c2ccccc2)C(C)(C)CCC6(C)C)c([2H])c1[2H]. The lowest BCUT2D eigenvalue weighted by atomic mass is 9.35. The number of hydrogen-bond acceptors (Lipinski definition) is 4. The zero-order valence-corrected chi connectivity index (χ0v) is 48.8. The summed E-state index contributed by atoms with van der Waals surface area (Å²) in [5.74, 6) is 0. The van der Waals surface area contributed by atoms with Crippen molar-refractivity contribution in [1.29, 1.82) is 0 Å². The Bertz CT molecular complexity index is 4360. The Kier molecular flexibility index (Phi) is 10.3. The van der Waals surface area contributed by atoms with E-state index >= 15 is 0 Å². The third-order valence-corrected chi connectivity index (χ3v) is 19.0. The van der Waals surface area contributed by atoms with Crippen molar-refractivity contribution in [2.24, 2.45) is 0 Å². The highest BCUT2D eigenvalue weighted by atomic mass is 16.3. The number of rotatable bonds is 7. The third kappa shape index (κ3) is 8.23. The number of nitrogens with zero attached hydrogens (tertiary/aromatic N) is 3. The normalized spacial score (nSPS) is 17.8. The monoisotopic (exact) mass is 1060 g/mol. The molecule has 0 unspecified atom stereocenters. The van der Waals surface area contributed by atoms with Gasteiger partial charge in [-0.1, -0.05) is 197 Å². The summed E-state index contributed by atoms with van der Waals surface area (Å²) in [4.78, 5) is 7.35. The largest absolute Gasteiger partial charge is 0.468 e. The number of anilines is 9. The van der Waals surface area contributed by atoms with Gasteiger partial charge in [0.15, 0.2) is 0 Å². The number of fused-ring (bicyclic) bond motifs is 8. The minimum Gasteiger partial charge on any atom is -0.468 e. The van der Waals surface area contributed by atoms with Gasteiger partial charge in [-0.15, -0.1) is 0 Å². The summed E-state index contributed by atoms with van der Waals surface area (Å²) in [5.41, 5.74) is 21.3. The van der Waals surface area contributed by atoms with Crippen molar-refractivity contribution >= 4 is 85.5 Å². The minimum atomic E-state index is -0.536. The van der Waals surface area contributed by atoms with E-state index in [1.807, 2.05) is 6.07 Å². The highest BCUT2D eigenvalue weighted by molar-refractivity contribution is 7.00. The van der Waals surface area contributed by atoms with Crippen molar-refractivity contribution in [2.45, 2.75) is 129 Å². The van der Waals surface area contributed by atoms with Crippen LogP contribution in [0.15, 0.2) is 204 Å². The number of hydrogen-bond donors (Lipinski definition) is 0. The quantitative estimate of drug-likeness (QED) is 0.148. The molecule has 0 spiro atoms. The maximum atomic E-state index is 9.41. The molecule has 1 aromatic heterocycles. The fourth-order valence-corrected chi connectivity index (χ4v) is 14.1. The number of para-hydroxylation sites is 2. The Morgan fingerprint density at radius 1 is 0.481 bits per heavy atom. The first-order valence-electron chi connectivity index (χ1n) is 31.7. The lowest BCUT2D eigenvalue weighted by molar-refractivity contribution is 0.332. The molecule has 4 nitrogen and oxygen atoms in total. The molecule has 10 aromatic rings. The van der Waals surface area contributed by atoms with E-state index < -0.39 is 12.8 Å². The molecular formula is C76H74BN3O. The van der Waals surface area contributed by atoms with Crippen LogP contribution in [0.1, 0.15) is 137 Å². The van der Waals surface area contributed by atoms with Gasteiger partial charge in [0, 0.05) is 45.1 Å². The second kappa shape index (κ2) is 18.2. The zero-order chi connectivity index (χ0) is 60.3. The maximum absolute atomic E-state index is 9.41. The molecule has 0 saturated carbocycles. The van der Waals surface area contributed by atoms with Crippen molar-refractivity contribution in [3.05, 3.63) is 228 Å². The summed E-state index contributed by atoms with van der Waals surface area (Å²) in [5, 5.41) is 1.04. The van der Waals surface area contributed by atoms with E-state index in [0.717, 1.165) is 116 Å². The van der Waals surface area contributed by atoms with E-state index in [-0.39, 0.29) is 56.8 Å². The highest BCUT2D eigenvalue weighted by Crippen LogP contribution is 2.55. The van der Waals surface area contributed by atoms with Gasteiger partial charge in [0.25, 0.3) is 6.71 Å². The first kappa shape index (κ1) is 45.7. The van der Waals surface area contributed by atoms with Crippen LogP contribution in [0.5, 0.6) is 0 Å². The molecule has 5 heteroatoms. The number of furan rings is 1. The average molecular weight is 1060 g/mol. The molecule has 9 aromatic carbocycles. The Morgan fingerprint density at radius 2 is 1.04 bits per heavy atom. The molecule has 2 aliphatic carbocycles. The minimum absolute atomic E-state index is 0.0204. The van der Waals surface area contributed by atoms with E-state index in [0.29, 0.717) is 5.56 Å². The van der Waals surface area contributed by atoms with Gasteiger partial charge in [-0.05, 0) is 187 Å². The second-order valence-electron chi connectivity index (χ2n) is 27.1. The standard InChI is InChI=1S/C76H74BN3O/c1-72(2,3)52-33-37-64(57(43-52)50-26-18-13-19-27-50)80-65-36-32-51(49-24-16-12-17-25-49)42-63(65)77-69-66(45-56(46-67(69)80)78(53-28-20-14-21-29-53)54-30-22-15-23-31-54)79(55-34-35-59-60(44-55)74(6,7)39-38-73(59,4)5)70-58-47-61-62(48-68(58)81-71(70)77)76(10,11)41-40-75(61,8)9/h12-37,42-48H,38-41H2,1-11H3/i12D,16D,17D,24D,25D. The fraction of sp³-hybridized carbons (Fsp3) is 0.263. The predicted octanol–water partition coefficient (Wildman–Crippen LogP) is 19.3. The average Bonchev–Trinajstić information content (AvgIpc) is 1.34. The Balaban J connectivity index is 1.18. The van der Waals surface area contributed by atoms with Crippen LogP contribution >= 0.6 is 0 Å². The van der Waals surface area contributed by atoms with Gasteiger partial charge < -0.3 is 19.1 Å². The molecule has 402 valence electrons. The van der Waals surface area contributed by atoms with Gasteiger partial charge in [-0.25, -0.2) is 0 Å². The van der Waals surface area contributed by atoms with Crippen LogP contribution in [0.2, 0.25) is 0 Å². The summed E-state index contributed by atoms with van der Waals surface area (Å²) < 4.78 is 53.1. The van der Waals surface area contributed by atoms with Crippen molar-refractivity contribution in [2.75, 3.05) is 14.7 Å². The van der Waals surface area contributed by atoms with Gasteiger partial charge in [-0.2, -0.15) is 0 Å². The second-order valence-corrected chi connectivity index (χ2v) is 27.1. The topological polar surface area (TPSA) is 22.9 Å². The Labute approximate surface area is 488 Å². The summed E-state index contributed by atoms with van der Waals surface area (Å²) in [6.45, 7) is 25.4. The van der Waals surface area contributed by atoms with Gasteiger partial charge in [0.1, 0.15) is 5.58 Å². The first-order valence-corrected chi connectivity index (χ1v) is 29.2. The molecule has 0 amide bonds. The molecule has 0 atom stereocenters. The van der Waals surface area contributed by atoms with Crippen molar-refractivity contribution in [1.82, 2.24) is 0 Å². The van der Waals surface area contributed by atoms with Crippen LogP contribution in [0.4, 0.5) is 51.2 Å². The molecule has 3 heterocycles. The van der Waals surface area contributed by atoms with Gasteiger partial charge >= 0.3 is 0 Å². The zero-order valence-electron chi connectivity index (χ0n) is 53.8.